The lowest BCUT2D eigenvalue weighted by molar-refractivity contribution is 0.789. The van der Waals surface area contributed by atoms with Gasteiger partial charge in [0.2, 0.25) is 0 Å². The molecule has 1 aromatic carbocycles. The van der Waals surface area contributed by atoms with Gasteiger partial charge in [0, 0.05) is 0 Å². The predicted octanol–water partition coefficient (Wildman–Crippen LogP) is 0.256. The zero-order valence-corrected chi connectivity index (χ0v) is 7.68. The summed E-state index contributed by atoms with van der Waals surface area (Å²) in [5.74, 6) is 5.67. The first-order chi connectivity index (χ1) is 6.81. The molecule has 0 amide bonds. The van der Waals surface area contributed by atoms with Gasteiger partial charge < -0.3 is 0 Å². The topological polar surface area (TPSA) is 81.7 Å². The number of aromatic nitrogens is 4. The molecule has 0 aliphatic heterocycles. The van der Waals surface area contributed by atoms with Crippen LogP contribution in [-0.4, -0.2) is 20.2 Å². The number of tetrazole rings is 1. The van der Waals surface area contributed by atoms with Gasteiger partial charge in [-0.3, -0.25) is 5.43 Å². The molecule has 6 heteroatoms. The van der Waals surface area contributed by atoms with Crippen LogP contribution in [0.1, 0.15) is 5.56 Å². The lowest BCUT2D eigenvalue weighted by atomic mass is 10.2. The SMILES string of the molecule is Cc1cccc(-n2nnnc2NN)c1. The molecule has 0 spiro atoms. The molecule has 0 radical (unpaired) electrons. The Morgan fingerprint density at radius 3 is 3.00 bits per heavy atom. The third-order valence-corrected chi connectivity index (χ3v) is 1.84. The minimum atomic E-state index is 0.413. The first-order valence-corrected chi connectivity index (χ1v) is 4.13. The number of hydrogen-bond donors (Lipinski definition) is 2. The molecular formula is C8H10N6. The van der Waals surface area contributed by atoms with Gasteiger partial charge in [-0.1, -0.05) is 17.2 Å². The normalized spacial score (nSPS) is 10.1. The molecule has 0 atom stereocenters. The predicted molar refractivity (Wildman–Crippen MR) is 51.7 cm³/mol. The second-order valence-corrected chi connectivity index (χ2v) is 2.90. The Bertz CT molecular complexity index is 435. The zero-order chi connectivity index (χ0) is 9.97. The fraction of sp³-hybridized carbons (Fsp3) is 0.125. The van der Waals surface area contributed by atoms with E-state index in [-0.39, 0.29) is 0 Å². The van der Waals surface area contributed by atoms with Crippen molar-refractivity contribution in [2.45, 2.75) is 6.92 Å². The standard InChI is InChI=1S/C8H10N6/c1-6-3-2-4-7(5-6)14-8(10-9)11-12-13-14/h2-5H,9H2,1H3,(H,10,11,13). The number of nitrogens with two attached hydrogens (primary N) is 1. The summed E-state index contributed by atoms with van der Waals surface area (Å²) < 4.78 is 1.53. The quantitative estimate of drug-likeness (QED) is 0.524. The van der Waals surface area contributed by atoms with Crippen molar-refractivity contribution < 1.29 is 0 Å². The molecule has 0 unspecified atom stereocenters. The first kappa shape index (κ1) is 8.64. The van der Waals surface area contributed by atoms with Crippen molar-refractivity contribution in [3.8, 4) is 5.69 Å². The molecule has 72 valence electrons. The smallest absolute Gasteiger partial charge is 0.261 e. The van der Waals surface area contributed by atoms with E-state index in [1.54, 1.807) is 0 Å². The minimum Gasteiger partial charge on any atom is -0.291 e. The minimum absolute atomic E-state index is 0.413. The van der Waals surface area contributed by atoms with Gasteiger partial charge in [0.25, 0.3) is 5.95 Å². The van der Waals surface area contributed by atoms with E-state index in [1.807, 2.05) is 31.2 Å². The highest BCUT2D eigenvalue weighted by molar-refractivity contribution is 5.39. The average Bonchev–Trinajstić information content (AvgIpc) is 2.65. The number of aryl methyl sites for hydroxylation is 1. The van der Waals surface area contributed by atoms with E-state index in [9.17, 15) is 0 Å². The Labute approximate surface area is 80.7 Å². The summed E-state index contributed by atoms with van der Waals surface area (Å²) in [6, 6.07) is 7.82. The molecule has 0 aliphatic carbocycles. The van der Waals surface area contributed by atoms with Gasteiger partial charge in [0.1, 0.15) is 0 Å². The van der Waals surface area contributed by atoms with Crippen LogP contribution >= 0.6 is 0 Å². The Balaban J connectivity index is 2.49. The highest BCUT2D eigenvalue weighted by atomic mass is 15.6. The van der Waals surface area contributed by atoms with Crippen LogP contribution < -0.4 is 11.3 Å². The van der Waals surface area contributed by atoms with Crippen LogP contribution in [0.25, 0.3) is 5.69 Å². The first-order valence-electron chi connectivity index (χ1n) is 4.13. The fourth-order valence-corrected chi connectivity index (χ4v) is 1.21. The summed E-state index contributed by atoms with van der Waals surface area (Å²) in [5, 5.41) is 11.0. The van der Waals surface area contributed by atoms with E-state index >= 15 is 0 Å². The maximum Gasteiger partial charge on any atom is 0.261 e. The Morgan fingerprint density at radius 2 is 2.29 bits per heavy atom. The van der Waals surface area contributed by atoms with E-state index in [0.717, 1.165) is 11.3 Å². The summed E-state index contributed by atoms with van der Waals surface area (Å²) in [6.07, 6.45) is 0. The van der Waals surface area contributed by atoms with E-state index in [4.69, 9.17) is 5.84 Å². The Hall–Kier alpha value is -1.95. The van der Waals surface area contributed by atoms with Gasteiger partial charge in [-0.15, -0.1) is 0 Å². The van der Waals surface area contributed by atoms with Crippen LogP contribution in [-0.2, 0) is 0 Å². The molecule has 6 nitrogen and oxygen atoms in total. The zero-order valence-electron chi connectivity index (χ0n) is 7.68. The van der Waals surface area contributed by atoms with Crippen LogP contribution in [0.3, 0.4) is 0 Å². The molecule has 14 heavy (non-hydrogen) atoms. The van der Waals surface area contributed by atoms with Crippen molar-refractivity contribution in [1.82, 2.24) is 20.2 Å². The van der Waals surface area contributed by atoms with E-state index in [2.05, 4.69) is 21.0 Å². The average molecular weight is 190 g/mol. The second-order valence-electron chi connectivity index (χ2n) is 2.90. The number of benzene rings is 1. The van der Waals surface area contributed by atoms with Gasteiger partial charge in [0.05, 0.1) is 5.69 Å². The summed E-state index contributed by atoms with van der Waals surface area (Å²) in [6.45, 7) is 2.00. The molecule has 2 aromatic rings. The van der Waals surface area contributed by atoms with E-state index < -0.39 is 0 Å². The lowest BCUT2D eigenvalue weighted by Gasteiger charge is -2.03. The molecule has 0 saturated heterocycles. The van der Waals surface area contributed by atoms with Crippen LogP contribution in [0.2, 0.25) is 0 Å². The summed E-state index contributed by atoms with van der Waals surface area (Å²) in [5.41, 5.74) is 4.44. The molecule has 2 rings (SSSR count). The van der Waals surface area contributed by atoms with Crippen molar-refractivity contribution in [2.24, 2.45) is 5.84 Å². The van der Waals surface area contributed by atoms with Crippen molar-refractivity contribution >= 4 is 5.95 Å². The fourth-order valence-electron chi connectivity index (χ4n) is 1.21. The number of nitrogen functional groups attached to an aromatic ring is 1. The molecule has 1 heterocycles. The number of hydrazine groups is 1. The molecular weight excluding hydrogens is 180 g/mol. The lowest BCUT2D eigenvalue weighted by Crippen LogP contribution is -2.13. The van der Waals surface area contributed by atoms with Crippen molar-refractivity contribution in [3.63, 3.8) is 0 Å². The van der Waals surface area contributed by atoms with Gasteiger partial charge in [-0.2, -0.15) is 4.68 Å². The number of rotatable bonds is 2. The molecule has 0 aliphatic rings. The Kier molecular flexibility index (Phi) is 2.11. The molecule has 0 saturated carbocycles. The van der Waals surface area contributed by atoms with Crippen LogP contribution in [0.5, 0.6) is 0 Å². The molecule has 0 fully saturated rings. The number of nitrogens with zero attached hydrogens (tertiary/aromatic N) is 4. The monoisotopic (exact) mass is 190 g/mol. The third kappa shape index (κ3) is 1.42. The van der Waals surface area contributed by atoms with Crippen LogP contribution in [0.4, 0.5) is 5.95 Å². The summed E-state index contributed by atoms with van der Waals surface area (Å²) >= 11 is 0. The summed E-state index contributed by atoms with van der Waals surface area (Å²) in [7, 11) is 0. The highest BCUT2D eigenvalue weighted by Gasteiger charge is 2.05. The number of nitrogens with one attached hydrogen (secondary N) is 1. The second kappa shape index (κ2) is 3.43. The van der Waals surface area contributed by atoms with E-state index in [0.29, 0.717) is 5.95 Å². The van der Waals surface area contributed by atoms with Gasteiger partial charge >= 0.3 is 0 Å². The number of anilines is 1. The number of hydrogen-bond acceptors (Lipinski definition) is 5. The molecule has 0 bridgehead atoms. The largest absolute Gasteiger partial charge is 0.291 e. The van der Waals surface area contributed by atoms with E-state index in [1.165, 1.54) is 4.68 Å². The Morgan fingerprint density at radius 1 is 1.43 bits per heavy atom. The maximum atomic E-state index is 5.26. The highest BCUT2D eigenvalue weighted by Crippen LogP contribution is 2.11. The van der Waals surface area contributed by atoms with Gasteiger partial charge in [-0.05, 0) is 35.0 Å². The van der Waals surface area contributed by atoms with Crippen molar-refractivity contribution in [1.29, 1.82) is 0 Å². The van der Waals surface area contributed by atoms with Crippen molar-refractivity contribution in [3.05, 3.63) is 29.8 Å². The third-order valence-electron chi connectivity index (χ3n) is 1.84. The maximum absolute atomic E-state index is 5.26. The van der Waals surface area contributed by atoms with Crippen molar-refractivity contribution in [2.75, 3.05) is 5.43 Å². The molecule has 1 aromatic heterocycles. The summed E-state index contributed by atoms with van der Waals surface area (Å²) in [4.78, 5) is 0. The van der Waals surface area contributed by atoms with Crippen LogP contribution in [0, 0.1) is 6.92 Å². The van der Waals surface area contributed by atoms with Gasteiger partial charge in [-0.25, -0.2) is 5.84 Å². The van der Waals surface area contributed by atoms with Gasteiger partial charge in [0.15, 0.2) is 0 Å². The van der Waals surface area contributed by atoms with Crippen LogP contribution in [0.15, 0.2) is 24.3 Å². The molecule has 3 N–H and O–H groups in total.